The molecule has 2 aromatic heterocycles. The van der Waals surface area contributed by atoms with Crippen LogP contribution in [0.1, 0.15) is 49.2 Å². The minimum atomic E-state index is -0.300. The molecule has 1 aliphatic heterocycles. The highest BCUT2D eigenvalue weighted by atomic mass is 19.1. The second-order valence-corrected chi connectivity index (χ2v) is 8.91. The summed E-state index contributed by atoms with van der Waals surface area (Å²) in [5.74, 6) is 0.163. The predicted molar refractivity (Wildman–Crippen MR) is 136 cm³/mol. The summed E-state index contributed by atoms with van der Waals surface area (Å²) in [4.78, 5) is 23.8. The minimum Gasteiger partial charge on any atom is -0.371 e. The summed E-state index contributed by atoms with van der Waals surface area (Å²) in [6.45, 7) is 7.72. The van der Waals surface area contributed by atoms with Crippen molar-refractivity contribution in [3.8, 4) is 0 Å². The van der Waals surface area contributed by atoms with E-state index in [1.54, 1.807) is 37.5 Å². The molecule has 3 aromatic rings. The maximum absolute atomic E-state index is 14.3. The minimum absolute atomic E-state index is 0.269. The number of pyridine rings is 2. The number of halogens is 1. The zero-order valence-corrected chi connectivity index (χ0v) is 19.9. The van der Waals surface area contributed by atoms with Gasteiger partial charge in [-0.25, -0.2) is 9.37 Å². The highest BCUT2D eigenvalue weighted by molar-refractivity contribution is 6.05. The Balaban J connectivity index is 1.48. The summed E-state index contributed by atoms with van der Waals surface area (Å²) in [6, 6.07) is 10.6. The summed E-state index contributed by atoms with van der Waals surface area (Å²) in [6.07, 6.45) is 6.71. The van der Waals surface area contributed by atoms with E-state index in [9.17, 15) is 9.18 Å². The van der Waals surface area contributed by atoms with Crippen molar-refractivity contribution in [2.75, 3.05) is 33.9 Å². The van der Waals surface area contributed by atoms with E-state index >= 15 is 0 Å². The molecule has 0 spiro atoms. The number of nitrogens with zero attached hydrogens (tertiary/aromatic N) is 3. The lowest BCUT2D eigenvalue weighted by Crippen LogP contribution is -2.29. The van der Waals surface area contributed by atoms with Crippen LogP contribution in [0.2, 0.25) is 0 Å². The lowest BCUT2D eigenvalue weighted by atomic mass is 10.1. The first kappa shape index (κ1) is 23.5. The fraction of sp³-hybridized carbons (Fsp3) is 0.346. The normalized spacial score (nSPS) is 13.6. The molecular formula is C26H31FN6O. The monoisotopic (exact) mass is 462 g/mol. The maximum Gasteiger partial charge on any atom is 0.257 e. The molecule has 1 amide bonds. The average Bonchev–Trinajstić information content (AvgIpc) is 2.81. The van der Waals surface area contributed by atoms with Crippen molar-refractivity contribution in [2.45, 2.75) is 46.1 Å². The molecule has 4 rings (SSSR count). The number of hydrogen-bond acceptors (Lipinski definition) is 6. The molecule has 34 heavy (non-hydrogen) atoms. The Morgan fingerprint density at radius 3 is 2.44 bits per heavy atom. The number of aryl methyl sites for hydroxylation is 1. The highest BCUT2D eigenvalue weighted by Crippen LogP contribution is 2.27. The fourth-order valence-corrected chi connectivity index (χ4v) is 4.03. The first-order valence-corrected chi connectivity index (χ1v) is 11.7. The Bertz CT molecular complexity index is 1140. The standard InChI is InChI=1S/C26H31FN6O/c1-17(2)30-25-8-7-20(15-29-25)32-26(34)24-14-22(16-28-18(24)3)31-21-11-19(27)12-23(13-21)33-9-5-4-6-10-33/h7-8,11-17,31H,4-6,9-10H2,1-3H3,(H,29,30)(H,32,34). The smallest absolute Gasteiger partial charge is 0.257 e. The first-order chi connectivity index (χ1) is 16.4. The van der Waals surface area contributed by atoms with Crippen LogP contribution in [0.15, 0.2) is 48.8 Å². The number of rotatable bonds is 7. The average molecular weight is 463 g/mol. The largest absolute Gasteiger partial charge is 0.371 e. The third kappa shape index (κ3) is 6.01. The lowest BCUT2D eigenvalue weighted by molar-refractivity contribution is 0.102. The van der Waals surface area contributed by atoms with Gasteiger partial charge in [0.05, 0.1) is 35.0 Å². The highest BCUT2D eigenvalue weighted by Gasteiger charge is 2.15. The molecule has 1 saturated heterocycles. The summed E-state index contributed by atoms with van der Waals surface area (Å²) in [5, 5.41) is 9.29. The molecule has 0 atom stereocenters. The van der Waals surface area contributed by atoms with Gasteiger partial charge in [-0.1, -0.05) is 0 Å². The van der Waals surface area contributed by atoms with E-state index in [4.69, 9.17) is 0 Å². The SMILES string of the molecule is Cc1ncc(Nc2cc(F)cc(N3CCCCC3)c2)cc1C(=O)Nc1ccc(NC(C)C)nc1. The number of hydrogen-bond donors (Lipinski definition) is 3. The maximum atomic E-state index is 14.3. The molecule has 0 radical (unpaired) electrons. The van der Waals surface area contributed by atoms with Crippen LogP contribution in [0, 0.1) is 12.7 Å². The molecule has 0 saturated carbocycles. The number of nitrogens with one attached hydrogen (secondary N) is 3. The molecule has 3 N–H and O–H groups in total. The quantitative estimate of drug-likeness (QED) is 0.416. The van der Waals surface area contributed by atoms with Crippen LogP contribution in [0.25, 0.3) is 0 Å². The number of benzene rings is 1. The van der Waals surface area contributed by atoms with E-state index < -0.39 is 0 Å². The molecule has 3 heterocycles. The summed E-state index contributed by atoms with van der Waals surface area (Å²) < 4.78 is 14.3. The number of piperidine rings is 1. The molecule has 178 valence electrons. The Morgan fingerprint density at radius 1 is 0.971 bits per heavy atom. The van der Waals surface area contributed by atoms with Crippen LogP contribution in [0.4, 0.5) is 33.0 Å². The molecule has 1 aliphatic rings. The van der Waals surface area contributed by atoms with Gasteiger partial charge in [0.25, 0.3) is 5.91 Å². The van der Waals surface area contributed by atoms with E-state index in [-0.39, 0.29) is 17.8 Å². The summed E-state index contributed by atoms with van der Waals surface area (Å²) in [5.41, 5.74) is 3.72. The van der Waals surface area contributed by atoms with Crippen molar-refractivity contribution < 1.29 is 9.18 Å². The van der Waals surface area contributed by atoms with Crippen molar-refractivity contribution in [1.82, 2.24) is 9.97 Å². The molecule has 0 bridgehead atoms. The number of anilines is 5. The third-order valence-corrected chi connectivity index (χ3v) is 5.68. The summed E-state index contributed by atoms with van der Waals surface area (Å²) >= 11 is 0. The topological polar surface area (TPSA) is 82.2 Å². The van der Waals surface area contributed by atoms with Gasteiger partial charge in [0.15, 0.2) is 0 Å². The van der Waals surface area contributed by atoms with Crippen LogP contribution < -0.4 is 20.9 Å². The summed E-state index contributed by atoms with van der Waals surface area (Å²) in [7, 11) is 0. The predicted octanol–water partition coefficient (Wildman–Crippen LogP) is 5.73. The van der Waals surface area contributed by atoms with Gasteiger partial charge in [0.1, 0.15) is 11.6 Å². The van der Waals surface area contributed by atoms with Gasteiger partial charge in [-0.2, -0.15) is 0 Å². The number of aromatic nitrogens is 2. The Kier molecular flexibility index (Phi) is 7.25. The zero-order chi connectivity index (χ0) is 24.1. The second kappa shape index (κ2) is 10.5. The van der Waals surface area contributed by atoms with Gasteiger partial charge >= 0.3 is 0 Å². The van der Waals surface area contributed by atoms with E-state index in [0.29, 0.717) is 28.3 Å². The third-order valence-electron chi connectivity index (χ3n) is 5.68. The molecule has 1 fully saturated rings. The van der Waals surface area contributed by atoms with E-state index in [0.717, 1.165) is 37.4 Å². The van der Waals surface area contributed by atoms with Gasteiger partial charge in [-0.15, -0.1) is 0 Å². The van der Waals surface area contributed by atoms with Crippen molar-refractivity contribution in [3.63, 3.8) is 0 Å². The number of amides is 1. The van der Waals surface area contributed by atoms with Gasteiger partial charge in [0.2, 0.25) is 0 Å². The molecular weight excluding hydrogens is 431 g/mol. The number of carbonyl (C=O) groups is 1. The van der Waals surface area contributed by atoms with E-state index in [1.807, 2.05) is 26.0 Å². The van der Waals surface area contributed by atoms with Crippen LogP contribution in [0.3, 0.4) is 0 Å². The second-order valence-electron chi connectivity index (χ2n) is 8.91. The van der Waals surface area contributed by atoms with E-state index in [1.165, 1.54) is 12.5 Å². The van der Waals surface area contributed by atoms with Crippen molar-refractivity contribution >= 4 is 34.5 Å². The fourth-order valence-electron chi connectivity index (χ4n) is 4.03. The lowest BCUT2D eigenvalue weighted by Gasteiger charge is -2.29. The van der Waals surface area contributed by atoms with Crippen LogP contribution >= 0.6 is 0 Å². The molecule has 1 aromatic carbocycles. The van der Waals surface area contributed by atoms with Crippen LogP contribution in [-0.4, -0.2) is 35.0 Å². The van der Waals surface area contributed by atoms with E-state index in [2.05, 4.69) is 30.8 Å². The Labute approximate surface area is 199 Å². The van der Waals surface area contributed by atoms with Gasteiger partial charge < -0.3 is 20.9 Å². The van der Waals surface area contributed by atoms with Crippen LogP contribution in [-0.2, 0) is 0 Å². The zero-order valence-electron chi connectivity index (χ0n) is 19.9. The van der Waals surface area contributed by atoms with Crippen molar-refractivity contribution in [1.29, 1.82) is 0 Å². The van der Waals surface area contributed by atoms with Gasteiger partial charge in [-0.3, -0.25) is 9.78 Å². The van der Waals surface area contributed by atoms with Crippen molar-refractivity contribution in [3.05, 3.63) is 65.9 Å². The van der Waals surface area contributed by atoms with Crippen molar-refractivity contribution in [2.24, 2.45) is 0 Å². The molecule has 0 unspecified atom stereocenters. The molecule has 8 heteroatoms. The Morgan fingerprint density at radius 2 is 1.74 bits per heavy atom. The van der Waals surface area contributed by atoms with Gasteiger partial charge in [-0.05, 0) is 76.4 Å². The molecule has 0 aliphatic carbocycles. The first-order valence-electron chi connectivity index (χ1n) is 11.7. The van der Waals surface area contributed by atoms with Crippen LogP contribution in [0.5, 0.6) is 0 Å². The number of carbonyl (C=O) groups excluding carboxylic acids is 1. The van der Waals surface area contributed by atoms with Gasteiger partial charge in [0, 0.05) is 30.5 Å². The molecule has 7 nitrogen and oxygen atoms in total. The Hall–Kier alpha value is -3.68.